The van der Waals surface area contributed by atoms with Crippen molar-refractivity contribution in [2.75, 3.05) is 6.54 Å². The maximum atomic E-state index is 12.1. The van der Waals surface area contributed by atoms with Crippen molar-refractivity contribution in [3.05, 3.63) is 33.8 Å². The molecule has 1 fully saturated rings. The molecule has 0 radical (unpaired) electrons. The fourth-order valence-corrected chi connectivity index (χ4v) is 2.51. The van der Waals surface area contributed by atoms with Gasteiger partial charge in [0, 0.05) is 6.42 Å². The monoisotopic (exact) mass is 271 g/mol. The number of halogens is 2. The quantitative estimate of drug-likeness (QED) is 0.915. The first-order valence-electron chi connectivity index (χ1n) is 5.87. The number of hydrogen-bond acceptors (Lipinski definition) is 2. The van der Waals surface area contributed by atoms with Crippen LogP contribution in [0, 0.1) is 0 Å². The molecular weight excluding hydrogens is 257 g/mol. The van der Waals surface area contributed by atoms with Crippen molar-refractivity contribution in [2.24, 2.45) is 0 Å². The second-order valence-corrected chi connectivity index (χ2v) is 5.14. The highest BCUT2D eigenvalue weighted by Gasteiger charge is 2.21. The first-order chi connectivity index (χ1) is 8.18. The van der Waals surface area contributed by atoms with Crippen LogP contribution in [-0.4, -0.2) is 18.4 Å². The van der Waals surface area contributed by atoms with Crippen LogP contribution in [0.3, 0.4) is 0 Å². The van der Waals surface area contributed by atoms with Gasteiger partial charge in [-0.1, -0.05) is 41.8 Å². The molecular formula is C13H15Cl2NO. The zero-order valence-electron chi connectivity index (χ0n) is 9.51. The van der Waals surface area contributed by atoms with E-state index in [-0.39, 0.29) is 11.8 Å². The van der Waals surface area contributed by atoms with Gasteiger partial charge in [-0.15, -0.1) is 0 Å². The van der Waals surface area contributed by atoms with Gasteiger partial charge in [0.05, 0.1) is 16.1 Å². The van der Waals surface area contributed by atoms with Crippen LogP contribution in [0.4, 0.5) is 0 Å². The predicted molar refractivity (Wildman–Crippen MR) is 70.8 cm³/mol. The van der Waals surface area contributed by atoms with Gasteiger partial charge >= 0.3 is 0 Å². The fraction of sp³-hybridized carbons (Fsp3) is 0.462. The second kappa shape index (κ2) is 5.85. The number of Topliss-reactive ketones (excluding diaryl/α,β-unsaturated/α-hetero) is 1. The summed E-state index contributed by atoms with van der Waals surface area (Å²) in [6, 6.07) is 5.40. The molecule has 17 heavy (non-hydrogen) atoms. The summed E-state index contributed by atoms with van der Waals surface area (Å²) in [5, 5.41) is 4.25. The van der Waals surface area contributed by atoms with Gasteiger partial charge in [0.1, 0.15) is 0 Å². The lowest BCUT2D eigenvalue weighted by Gasteiger charge is -2.22. The minimum Gasteiger partial charge on any atom is -0.307 e. The van der Waals surface area contributed by atoms with Gasteiger partial charge in [0.15, 0.2) is 5.78 Å². The van der Waals surface area contributed by atoms with E-state index in [0.29, 0.717) is 16.5 Å². The Morgan fingerprint density at radius 2 is 2.18 bits per heavy atom. The van der Waals surface area contributed by atoms with Crippen molar-refractivity contribution in [1.29, 1.82) is 0 Å². The van der Waals surface area contributed by atoms with E-state index in [1.807, 2.05) is 12.1 Å². The molecule has 1 heterocycles. The van der Waals surface area contributed by atoms with Gasteiger partial charge in [-0.3, -0.25) is 4.79 Å². The molecule has 4 heteroatoms. The molecule has 1 aliphatic rings. The molecule has 1 aromatic carbocycles. The van der Waals surface area contributed by atoms with Crippen LogP contribution >= 0.6 is 23.2 Å². The number of benzene rings is 1. The van der Waals surface area contributed by atoms with Crippen LogP contribution in [0.2, 0.25) is 10.0 Å². The van der Waals surface area contributed by atoms with Crippen molar-refractivity contribution in [2.45, 2.75) is 31.7 Å². The molecule has 2 nitrogen and oxygen atoms in total. The number of ketones is 1. The molecule has 0 bridgehead atoms. The van der Waals surface area contributed by atoms with E-state index in [2.05, 4.69) is 5.32 Å². The first-order valence-corrected chi connectivity index (χ1v) is 6.63. The second-order valence-electron chi connectivity index (χ2n) is 4.36. The molecule has 0 aromatic heterocycles. The summed E-state index contributed by atoms with van der Waals surface area (Å²) in [6.07, 6.45) is 3.56. The zero-order chi connectivity index (χ0) is 12.3. The molecule has 1 atom stereocenters. The average molecular weight is 272 g/mol. The Balaban J connectivity index is 2.04. The Labute approximate surface area is 111 Å². The molecule has 2 rings (SSSR count). The molecule has 1 N–H and O–H groups in total. The lowest BCUT2D eigenvalue weighted by atomic mass is 9.97. The van der Waals surface area contributed by atoms with Crippen LogP contribution in [0.5, 0.6) is 0 Å². The van der Waals surface area contributed by atoms with Gasteiger partial charge in [0.2, 0.25) is 0 Å². The van der Waals surface area contributed by atoms with Gasteiger partial charge in [0.25, 0.3) is 0 Å². The molecule has 92 valence electrons. The molecule has 0 saturated carbocycles. The molecule has 0 amide bonds. The van der Waals surface area contributed by atoms with Crippen LogP contribution in [0.1, 0.15) is 24.8 Å². The fourth-order valence-electron chi connectivity index (χ4n) is 2.12. The zero-order valence-corrected chi connectivity index (χ0v) is 11.0. The predicted octanol–water partition coefficient (Wildman–Crippen LogP) is 3.25. The summed E-state index contributed by atoms with van der Waals surface area (Å²) in [6.45, 7) is 0.930. The Kier molecular flexibility index (Phi) is 4.43. The lowest BCUT2D eigenvalue weighted by Crippen LogP contribution is -2.41. The van der Waals surface area contributed by atoms with E-state index in [4.69, 9.17) is 23.2 Å². The molecule has 1 aromatic rings. The molecule has 0 spiro atoms. The number of carbonyl (C=O) groups excluding carboxylic acids is 1. The highest BCUT2D eigenvalue weighted by Crippen LogP contribution is 2.26. The molecule has 1 unspecified atom stereocenters. The van der Waals surface area contributed by atoms with E-state index in [0.717, 1.165) is 31.4 Å². The first kappa shape index (κ1) is 12.9. The number of hydrogen-bond donors (Lipinski definition) is 1. The van der Waals surface area contributed by atoms with Crippen LogP contribution in [0.25, 0.3) is 0 Å². The van der Waals surface area contributed by atoms with Crippen molar-refractivity contribution in [3.63, 3.8) is 0 Å². The summed E-state index contributed by atoms with van der Waals surface area (Å²) in [5.41, 5.74) is 0.816. The highest BCUT2D eigenvalue weighted by molar-refractivity contribution is 6.42. The van der Waals surface area contributed by atoms with Crippen molar-refractivity contribution >= 4 is 29.0 Å². The van der Waals surface area contributed by atoms with Gasteiger partial charge in [-0.25, -0.2) is 0 Å². The maximum absolute atomic E-state index is 12.1. The SMILES string of the molecule is O=C(Cc1cccc(Cl)c1Cl)C1CCCCN1. The normalized spacial score (nSPS) is 20.2. The van der Waals surface area contributed by atoms with Crippen molar-refractivity contribution in [1.82, 2.24) is 5.32 Å². The average Bonchev–Trinajstić information content (AvgIpc) is 2.36. The van der Waals surface area contributed by atoms with Crippen LogP contribution in [-0.2, 0) is 11.2 Å². The summed E-state index contributed by atoms with van der Waals surface area (Å²) in [4.78, 5) is 12.1. The van der Waals surface area contributed by atoms with E-state index in [9.17, 15) is 4.79 Å². The third-order valence-corrected chi connectivity index (χ3v) is 3.95. The number of nitrogens with one attached hydrogen (secondary N) is 1. The standard InChI is InChI=1S/C13H15Cl2NO/c14-10-5-3-4-9(13(10)15)8-12(17)11-6-1-2-7-16-11/h3-5,11,16H,1-2,6-8H2. The van der Waals surface area contributed by atoms with E-state index in [1.165, 1.54) is 0 Å². The Bertz CT molecular complexity index is 414. The highest BCUT2D eigenvalue weighted by atomic mass is 35.5. The number of rotatable bonds is 3. The van der Waals surface area contributed by atoms with E-state index >= 15 is 0 Å². The van der Waals surface area contributed by atoms with E-state index in [1.54, 1.807) is 6.07 Å². The molecule has 0 aliphatic carbocycles. The summed E-state index contributed by atoms with van der Waals surface area (Å²) in [7, 11) is 0. The van der Waals surface area contributed by atoms with Gasteiger partial charge in [-0.2, -0.15) is 0 Å². The van der Waals surface area contributed by atoms with Crippen LogP contribution in [0.15, 0.2) is 18.2 Å². The van der Waals surface area contributed by atoms with Gasteiger partial charge in [-0.05, 0) is 31.0 Å². The van der Waals surface area contributed by atoms with Crippen molar-refractivity contribution < 1.29 is 4.79 Å². The number of carbonyl (C=O) groups is 1. The minimum atomic E-state index is -0.0150. The smallest absolute Gasteiger partial charge is 0.154 e. The van der Waals surface area contributed by atoms with Crippen molar-refractivity contribution in [3.8, 4) is 0 Å². The molecule has 1 aliphatic heterocycles. The van der Waals surface area contributed by atoms with Crippen LogP contribution < -0.4 is 5.32 Å². The Hall–Kier alpha value is -0.570. The third kappa shape index (κ3) is 3.21. The molecule has 1 saturated heterocycles. The topological polar surface area (TPSA) is 29.1 Å². The minimum absolute atomic E-state index is 0.0150. The maximum Gasteiger partial charge on any atom is 0.154 e. The summed E-state index contributed by atoms with van der Waals surface area (Å²) < 4.78 is 0. The van der Waals surface area contributed by atoms with Gasteiger partial charge < -0.3 is 5.32 Å². The lowest BCUT2D eigenvalue weighted by molar-refractivity contribution is -0.120. The largest absolute Gasteiger partial charge is 0.307 e. The number of piperidine rings is 1. The Morgan fingerprint density at radius 3 is 2.88 bits per heavy atom. The Morgan fingerprint density at radius 1 is 1.35 bits per heavy atom. The summed E-state index contributed by atoms with van der Waals surface area (Å²) >= 11 is 12.0. The van der Waals surface area contributed by atoms with E-state index < -0.39 is 0 Å². The summed E-state index contributed by atoms with van der Waals surface area (Å²) in [5.74, 6) is 0.203. The third-order valence-electron chi connectivity index (χ3n) is 3.10.